The number of nitrogens with one attached hydrogen (secondary N) is 1. The second-order valence-electron chi connectivity index (χ2n) is 5.51. The summed E-state index contributed by atoms with van der Waals surface area (Å²) in [6.07, 6.45) is 0. The molecule has 1 atom stereocenters. The first-order valence-electron chi connectivity index (χ1n) is 6.11. The number of amides is 1. The van der Waals surface area contributed by atoms with E-state index in [0.717, 1.165) is 0 Å². The van der Waals surface area contributed by atoms with Crippen LogP contribution in [0.3, 0.4) is 0 Å². The van der Waals surface area contributed by atoms with Crippen LogP contribution in [0.5, 0.6) is 0 Å². The third-order valence-electron chi connectivity index (χ3n) is 2.86. The van der Waals surface area contributed by atoms with Crippen molar-refractivity contribution in [3.8, 4) is 0 Å². The molecule has 0 radical (unpaired) electrons. The maximum Gasteiger partial charge on any atom is 0.340 e. The van der Waals surface area contributed by atoms with Gasteiger partial charge in [0.25, 0.3) is 0 Å². The van der Waals surface area contributed by atoms with E-state index in [1.54, 1.807) is 12.1 Å². The maximum absolute atomic E-state index is 12.1. The van der Waals surface area contributed by atoms with Crippen LogP contribution in [0.4, 0.5) is 5.69 Å². The smallest absolute Gasteiger partial charge is 0.340 e. The van der Waals surface area contributed by atoms with Gasteiger partial charge >= 0.3 is 5.97 Å². The van der Waals surface area contributed by atoms with Crippen LogP contribution in [0.1, 0.15) is 31.1 Å². The highest BCUT2D eigenvalue weighted by atomic mass is 35.5. The zero-order chi connectivity index (χ0) is 15.5. The highest BCUT2D eigenvalue weighted by molar-refractivity contribution is 6.31. The number of benzene rings is 1. The standard InChI is InChI=1S/C14H19ClN2O3/c1-14(2,3)11(16)12(18)17-10-6-5-8(15)7-9(10)13(19)20-4/h5-7,11H,16H2,1-4H3,(H,17,18)/t11-/m0/s1. The molecule has 0 aliphatic carbocycles. The first-order chi connectivity index (χ1) is 9.16. The lowest BCUT2D eigenvalue weighted by Gasteiger charge is -2.26. The van der Waals surface area contributed by atoms with Gasteiger partial charge in [-0.2, -0.15) is 0 Å². The fourth-order valence-electron chi connectivity index (χ4n) is 1.51. The van der Waals surface area contributed by atoms with Crippen molar-refractivity contribution in [3.05, 3.63) is 28.8 Å². The molecule has 6 heteroatoms. The molecule has 0 saturated heterocycles. The Hall–Kier alpha value is -1.59. The Bertz CT molecular complexity index is 524. The molecule has 0 aliphatic rings. The zero-order valence-corrected chi connectivity index (χ0v) is 12.7. The van der Waals surface area contributed by atoms with Crippen LogP contribution in [0.25, 0.3) is 0 Å². The van der Waals surface area contributed by atoms with E-state index < -0.39 is 12.0 Å². The fourth-order valence-corrected chi connectivity index (χ4v) is 1.68. The van der Waals surface area contributed by atoms with Gasteiger partial charge in [-0.05, 0) is 23.6 Å². The number of rotatable bonds is 3. The van der Waals surface area contributed by atoms with Crippen LogP contribution in [0.15, 0.2) is 18.2 Å². The molecule has 110 valence electrons. The number of esters is 1. The van der Waals surface area contributed by atoms with E-state index in [4.69, 9.17) is 17.3 Å². The molecule has 0 heterocycles. The van der Waals surface area contributed by atoms with Crippen LogP contribution in [0.2, 0.25) is 5.02 Å². The summed E-state index contributed by atoms with van der Waals surface area (Å²) in [4.78, 5) is 23.8. The highest BCUT2D eigenvalue weighted by Gasteiger charge is 2.28. The maximum atomic E-state index is 12.1. The second kappa shape index (κ2) is 6.24. The first kappa shape index (κ1) is 16.5. The predicted octanol–water partition coefficient (Wildman–Crippen LogP) is 2.44. The summed E-state index contributed by atoms with van der Waals surface area (Å²) < 4.78 is 4.66. The van der Waals surface area contributed by atoms with Crippen molar-refractivity contribution in [1.82, 2.24) is 0 Å². The van der Waals surface area contributed by atoms with Gasteiger partial charge in [0.05, 0.1) is 24.4 Å². The molecule has 0 bridgehead atoms. The normalized spacial score (nSPS) is 12.7. The summed E-state index contributed by atoms with van der Waals surface area (Å²) in [6.45, 7) is 5.58. The molecule has 1 aromatic carbocycles. The number of methoxy groups -OCH3 is 1. The minimum Gasteiger partial charge on any atom is -0.465 e. The molecule has 0 aromatic heterocycles. The van der Waals surface area contributed by atoms with Crippen molar-refractivity contribution < 1.29 is 14.3 Å². The minimum atomic E-state index is -0.705. The quantitative estimate of drug-likeness (QED) is 0.840. The number of halogens is 1. The third-order valence-corrected chi connectivity index (χ3v) is 3.10. The number of hydrogen-bond acceptors (Lipinski definition) is 4. The van der Waals surface area contributed by atoms with Crippen molar-refractivity contribution in [1.29, 1.82) is 0 Å². The van der Waals surface area contributed by atoms with Gasteiger partial charge in [-0.3, -0.25) is 4.79 Å². The SMILES string of the molecule is COC(=O)c1cc(Cl)ccc1NC(=O)[C@H](N)C(C)(C)C. The molecule has 5 nitrogen and oxygen atoms in total. The van der Waals surface area contributed by atoms with Crippen LogP contribution < -0.4 is 11.1 Å². The molecule has 0 spiro atoms. The number of carbonyl (C=O) groups is 2. The molecular formula is C14H19ClN2O3. The van der Waals surface area contributed by atoms with Crippen LogP contribution >= 0.6 is 11.6 Å². The fraction of sp³-hybridized carbons (Fsp3) is 0.429. The van der Waals surface area contributed by atoms with E-state index in [1.807, 2.05) is 20.8 Å². The Morgan fingerprint density at radius 1 is 1.35 bits per heavy atom. The Morgan fingerprint density at radius 2 is 1.95 bits per heavy atom. The monoisotopic (exact) mass is 298 g/mol. The molecule has 20 heavy (non-hydrogen) atoms. The number of anilines is 1. The summed E-state index contributed by atoms with van der Waals surface area (Å²) in [5.74, 6) is -0.947. The third kappa shape index (κ3) is 3.95. The van der Waals surface area contributed by atoms with E-state index in [1.165, 1.54) is 13.2 Å². The lowest BCUT2D eigenvalue weighted by Crippen LogP contribution is -2.45. The Labute approximate surface area is 123 Å². The van der Waals surface area contributed by atoms with Crippen molar-refractivity contribution in [3.63, 3.8) is 0 Å². The van der Waals surface area contributed by atoms with Crippen LogP contribution in [-0.2, 0) is 9.53 Å². The number of hydrogen-bond donors (Lipinski definition) is 2. The van der Waals surface area contributed by atoms with Crippen molar-refractivity contribution in [2.24, 2.45) is 11.1 Å². The van der Waals surface area contributed by atoms with Crippen molar-refractivity contribution in [2.75, 3.05) is 12.4 Å². The van der Waals surface area contributed by atoms with Gasteiger partial charge in [-0.1, -0.05) is 32.4 Å². The van der Waals surface area contributed by atoms with E-state index in [9.17, 15) is 9.59 Å². The highest BCUT2D eigenvalue weighted by Crippen LogP contribution is 2.23. The Morgan fingerprint density at radius 3 is 2.45 bits per heavy atom. The van der Waals surface area contributed by atoms with E-state index in [-0.39, 0.29) is 16.9 Å². The topological polar surface area (TPSA) is 81.4 Å². The van der Waals surface area contributed by atoms with E-state index in [2.05, 4.69) is 10.1 Å². The average Bonchev–Trinajstić information content (AvgIpc) is 2.37. The Balaban J connectivity index is 3.04. The molecule has 1 amide bonds. The van der Waals surface area contributed by atoms with Crippen LogP contribution in [0, 0.1) is 5.41 Å². The van der Waals surface area contributed by atoms with E-state index >= 15 is 0 Å². The summed E-state index contributed by atoms with van der Waals surface area (Å²) in [5, 5.41) is 3.01. The summed E-state index contributed by atoms with van der Waals surface area (Å²) >= 11 is 5.84. The van der Waals surface area contributed by atoms with Gasteiger partial charge in [0.1, 0.15) is 0 Å². The van der Waals surface area contributed by atoms with Gasteiger partial charge < -0.3 is 15.8 Å². The Kier molecular flexibility index (Phi) is 5.14. The molecule has 3 N–H and O–H groups in total. The van der Waals surface area contributed by atoms with Crippen molar-refractivity contribution >= 4 is 29.2 Å². The molecular weight excluding hydrogens is 280 g/mol. The van der Waals surface area contributed by atoms with Gasteiger partial charge in [0.15, 0.2) is 0 Å². The summed E-state index contributed by atoms with van der Waals surface area (Å²) in [6, 6.07) is 3.85. The summed E-state index contributed by atoms with van der Waals surface area (Å²) in [7, 11) is 1.26. The van der Waals surface area contributed by atoms with Gasteiger partial charge in [0.2, 0.25) is 5.91 Å². The zero-order valence-electron chi connectivity index (χ0n) is 12.0. The molecule has 1 rings (SSSR count). The number of nitrogens with two attached hydrogens (primary N) is 1. The number of ether oxygens (including phenoxy) is 1. The lowest BCUT2D eigenvalue weighted by molar-refractivity contribution is -0.119. The first-order valence-corrected chi connectivity index (χ1v) is 6.49. The summed E-state index contributed by atoms with van der Waals surface area (Å²) in [5.41, 5.74) is 6.00. The van der Waals surface area contributed by atoms with Gasteiger partial charge in [-0.15, -0.1) is 0 Å². The molecule has 0 fully saturated rings. The van der Waals surface area contributed by atoms with Gasteiger partial charge in [0, 0.05) is 5.02 Å². The molecule has 0 unspecified atom stereocenters. The number of carbonyl (C=O) groups excluding carboxylic acids is 2. The lowest BCUT2D eigenvalue weighted by atomic mass is 9.87. The van der Waals surface area contributed by atoms with Crippen molar-refractivity contribution in [2.45, 2.75) is 26.8 Å². The largest absolute Gasteiger partial charge is 0.465 e. The molecule has 1 aromatic rings. The molecule has 0 saturated carbocycles. The predicted molar refractivity (Wildman–Crippen MR) is 78.9 cm³/mol. The second-order valence-corrected chi connectivity index (χ2v) is 5.95. The van der Waals surface area contributed by atoms with Crippen LogP contribution in [-0.4, -0.2) is 25.0 Å². The minimum absolute atomic E-state index is 0.189. The van der Waals surface area contributed by atoms with Gasteiger partial charge in [-0.25, -0.2) is 4.79 Å². The van der Waals surface area contributed by atoms with E-state index in [0.29, 0.717) is 10.7 Å². The average molecular weight is 299 g/mol. The molecule has 0 aliphatic heterocycles.